The van der Waals surface area contributed by atoms with Crippen molar-refractivity contribution in [3.05, 3.63) is 148 Å². The Morgan fingerprint density at radius 1 is 1.02 bits per heavy atom. The molecular formula is C39H36Cl2N6O. The molecule has 4 heterocycles. The van der Waals surface area contributed by atoms with E-state index in [0.29, 0.717) is 21.4 Å². The number of hydrogen-bond donors (Lipinski definition) is 3. The van der Waals surface area contributed by atoms with E-state index in [1.165, 1.54) is 0 Å². The first-order chi connectivity index (χ1) is 23.2. The van der Waals surface area contributed by atoms with Gasteiger partial charge in [-0.25, -0.2) is 4.98 Å². The molecule has 4 N–H and O–H groups in total. The number of nitrogens with two attached hydrogens (primary N) is 1. The second-order valence-electron chi connectivity index (χ2n) is 12.4. The van der Waals surface area contributed by atoms with Gasteiger partial charge in [0.25, 0.3) is 5.91 Å². The van der Waals surface area contributed by atoms with E-state index in [-0.39, 0.29) is 18.0 Å². The smallest absolute Gasteiger partial charge is 0.272 e. The third kappa shape index (κ3) is 5.68. The molecule has 7 rings (SSSR count). The summed E-state index contributed by atoms with van der Waals surface area (Å²) in [6.45, 7) is 12.2. The topological polar surface area (TPSA) is 90.3 Å². The Kier molecular flexibility index (Phi) is 8.60. The Hall–Kier alpha value is -4.82. The fraction of sp³-hybridized carbons (Fsp3) is 0.179. The highest BCUT2D eigenvalue weighted by Crippen LogP contribution is 2.51. The number of aromatic amines is 1. The van der Waals surface area contributed by atoms with Crippen molar-refractivity contribution in [2.45, 2.75) is 31.8 Å². The van der Waals surface area contributed by atoms with Gasteiger partial charge in [0, 0.05) is 57.4 Å². The summed E-state index contributed by atoms with van der Waals surface area (Å²) in [5.41, 5.74) is 14.2. The first-order valence-electron chi connectivity index (χ1n) is 16.0. The number of halogens is 2. The van der Waals surface area contributed by atoms with Gasteiger partial charge in [0.15, 0.2) is 5.82 Å². The van der Waals surface area contributed by atoms with Crippen LogP contribution in [0.5, 0.6) is 0 Å². The third-order valence-corrected chi connectivity index (χ3v) is 9.64. The number of carbonyl (C=O) groups is 1. The molecule has 2 aliphatic heterocycles. The highest BCUT2D eigenvalue weighted by Gasteiger charge is 2.38. The Balaban J connectivity index is 1.48. The number of allylic oxidation sites excluding steroid dienone is 2. The van der Waals surface area contributed by atoms with Gasteiger partial charge in [-0.3, -0.25) is 4.79 Å². The summed E-state index contributed by atoms with van der Waals surface area (Å²) >= 11 is 13.1. The minimum Gasteiger partial charge on any atom is -0.355 e. The number of amides is 1. The summed E-state index contributed by atoms with van der Waals surface area (Å²) in [6, 6.07) is 25.3. The lowest BCUT2D eigenvalue weighted by molar-refractivity contribution is 0.102. The van der Waals surface area contributed by atoms with Crippen LogP contribution in [-0.2, 0) is 0 Å². The maximum atomic E-state index is 14.6. The van der Waals surface area contributed by atoms with Crippen molar-refractivity contribution in [2.75, 3.05) is 23.3 Å². The van der Waals surface area contributed by atoms with Gasteiger partial charge < -0.3 is 25.8 Å². The van der Waals surface area contributed by atoms with Gasteiger partial charge in [-0.15, -0.1) is 0 Å². The Bertz CT molecular complexity index is 2080. The van der Waals surface area contributed by atoms with Crippen LogP contribution in [0.25, 0.3) is 22.2 Å². The summed E-state index contributed by atoms with van der Waals surface area (Å²) in [5.74, 6) is 0.427. The number of nitrogens with zero attached hydrogens (tertiary/aromatic N) is 3. The zero-order valence-electron chi connectivity index (χ0n) is 26.6. The van der Waals surface area contributed by atoms with Crippen molar-refractivity contribution >= 4 is 62.8 Å². The number of benzene rings is 3. The number of H-pyrrole nitrogens is 1. The van der Waals surface area contributed by atoms with E-state index in [9.17, 15) is 4.79 Å². The molecule has 0 spiro atoms. The van der Waals surface area contributed by atoms with Crippen LogP contribution in [0, 0.1) is 0 Å². The van der Waals surface area contributed by atoms with Crippen molar-refractivity contribution < 1.29 is 4.79 Å². The zero-order chi connectivity index (χ0) is 33.5. The summed E-state index contributed by atoms with van der Waals surface area (Å²) in [5, 5.41) is 5.29. The molecule has 1 atom stereocenters. The van der Waals surface area contributed by atoms with Crippen LogP contribution in [0.3, 0.4) is 0 Å². The standard InChI is InChI=1S/C39H36Cl2N6O/c1-4-47-36(25-12-14-26(40)15-13-25)29-21-27(41)22-31-33(29)34(37(47)32(23(2)3)24-9-6-5-7-10-24)35(44-31)39(48)45-30-11-8-18-43-38(30)46-19-16-28(42)17-20-46/h4-15,18,21-22,28,36,44H,1-2,16-17,19-20,42H2,3H3,(H,45,48). The Labute approximate surface area is 290 Å². The third-order valence-electron chi connectivity index (χ3n) is 9.17. The van der Waals surface area contributed by atoms with Gasteiger partial charge in [-0.1, -0.05) is 78.8 Å². The van der Waals surface area contributed by atoms with Crippen LogP contribution in [0.2, 0.25) is 10.0 Å². The van der Waals surface area contributed by atoms with Crippen LogP contribution in [0.1, 0.15) is 58.5 Å². The Morgan fingerprint density at radius 3 is 2.44 bits per heavy atom. The number of rotatable bonds is 7. The molecule has 7 nitrogen and oxygen atoms in total. The van der Waals surface area contributed by atoms with Crippen LogP contribution >= 0.6 is 23.2 Å². The minimum absolute atomic E-state index is 0.172. The Morgan fingerprint density at radius 2 is 1.75 bits per heavy atom. The molecule has 0 saturated carbocycles. The number of piperidine rings is 1. The second kappa shape index (κ2) is 13.0. The number of nitrogens with one attached hydrogen (secondary N) is 2. The van der Waals surface area contributed by atoms with Crippen molar-refractivity contribution in [1.29, 1.82) is 0 Å². The molecule has 1 unspecified atom stereocenters. The number of aromatic nitrogens is 2. The van der Waals surface area contributed by atoms with E-state index in [4.69, 9.17) is 28.9 Å². The van der Waals surface area contributed by atoms with Crippen molar-refractivity contribution in [1.82, 2.24) is 14.9 Å². The maximum Gasteiger partial charge on any atom is 0.272 e. The van der Waals surface area contributed by atoms with E-state index in [2.05, 4.69) is 50.4 Å². The van der Waals surface area contributed by atoms with Crippen molar-refractivity contribution in [3.63, 3.8) is 0 Å². The fourth-order valence-corrected chi connectivity index (χ4v) is 7.38. The van der Waals surface area contributed by atoms with E-state index >= 15 is 0 Å². The molecule has 1 saturated heterocycles. The lowest BCUT2D eigenvalue weighted by atomic mass is 9.83. The maximum absolute atomic E-state index is 14.6. The molecule has 242 valence electrons. The van der Waals surface area contributed by atoms with Gasteiger partial charge >= 0.3 is 0 Å². The van der Waals surface area contributed by atoms with E-state index in [1.54, 1.807) is 6.20 Å². The second-order valence-corrected chi connectivity index (χ2v) is 13.2. The predicted molar refractivity (Wildman–Crippen MR) is 198 cm³/mol. The number of hydrogen-bond acceptors (Lipinski definition) is 5. The molecule has 5 aromatic rings. The molecule has 0 bridgehead atoms. The van der Waals surface area contributed by atoms with Crippen LogP contribution in [0.15, 0.2) is 110 Å². The summed E-state index contributed by atoms with van der Waals surface area (Å²) in [4.78, 5) is 27.0. The van der Waals surface area contributed by atoms with Gasteiger partial charge in [0.05, 0.1) is 17.4 Å². The number of pyridine rings is 1. The van der Waals surface area contributed by atoms with Crippen molar-refractivity contribution in [2.24, 2.45) is 5.73 Å². The highest BCUT2D eigenvalue weighted by molar-refractivity contribution is 6.32. The van der Waals surface area contributed by atoms with E-state index in [0.717, 1.165) is 81.7 Å². The van der Waals surface area contributed by atoms with Crippen LogP contribution in [0.4, 0.5) is 11.5 Å². The van der Waals surface area contributed by atoms with Gasteiger partial charge in [0.2, 0.25) is 0 Å². The summed E-state index contributed by atoms with van der Waals surface area (Å²) < 4.78 is 0. The fourth-order valence-electron chi connectivity index (χ4n) is 7.03. The monoisotopic (exact) mass is 674 g/mol. The molecule has 2 aromatic heterocycles. The molecule has 1 fully saturated rings. The molecule has 0 aliphatic carbocycles. The van der Waals surface area contributed by atoms with Gasteiger partial charge in [-0.05, 0) is 84.6 Å². The summed E-state index contributed by atoms with van der Waals surface area (Å²) in [7, 11) is 0. The lowest BCUT2D eigenvalue weighted by Crippen LogP contribution is -2.40. The van der Waals surface area contributed by atoms with Gasteiger partial charge in [-0.2, -0.15) is 0 Å². The first-order valence-corrected chi connectivity index (χ1v) is 16.7. The van der Waals surface area contributed by atoms with E-state index in [1.807, 2.05) is 79.9 Å². The van der Waals surface area contributed by atoms with Gasteiger partial charge in [0.1, 0.15) is 5.69 Å². The molecular weight excluding hydrogens is 639 g/mol. The zero-order valence-corrected chi connectivity index (χ0v) is 28.2. The molecule has 48 heavy (non-hydrogen) atoms. The molecule has 2 aliphatic rings. The summed E-state index contributed by atoms with van der Waals surface area (Å²) in [6.07, 6.45) is 5.29. The highest BCUT2D eigenvalue weighted by atomic mass is 35.5. The lowest BCUT2D eigenvalue weighted by Gasteiger charge is -2.39. The first kappa shape index (κ1) is 31.8. The average molecular weight is 676 g/mol. The number of carbonyl (C=O) groups excluding carboxylic acids is 1. The van der Waals surface area contributed by atoms with Crippen LogP contribution in [-0.4, -0.2) is 39.9 Å². The quantitative estimate of drug-likeness (QED) is 0.160. The largest absolute Gasteiger partial charge is 0.355 e. The molecule has 9 heteroatoms. The van der Waals surface area contributed by atoms with Crippen molar-refractivity contribution in [3.8, 4) is 0 Å². The number of anilines is 2. The van der Waals surface area contributed by atoms with Crippen LogP contribution < -0.4 is 16.0 Å². The van der Waals surface area contributed by atoms with E-state index < -0.39 is 0 Å². The average Bonchev–Trinajstić information content (AvgIpc) is 3.47. The normalized spacial score (nSPS) is 17.4. The minimum atomic E-state index is -0.316. The molecule has 0 radical (unpaired) electrons. The molecule has 1 amide bonds. The predicted octanol–water partition coefficient (Wildman–Crippen LogP) is 9.04. The SMILES string of the molecule is C=CN1C(=C(C(=C)C)c2ccccc2)c2c(C(=O)Nc3cccnc3N3CCC(N)CC3)[nH]c3cc(Cl)cc(c23)C1c1ccc(Cl)cc1. The molecule has 3 aromatic carbocycles.